The summed E-state index contributed by atoms with van der Waals surface area (Å²) in [6.45, 7) is -0.449. The molecule has 1 amide bonds. The van der Waals surface area contributed by atoms with Gasteiger partial charge in [-0.1, -0.05) is 0 Å². The number of ether oxygens (including phenoxy) is 2. The molecule has 28 heavy (non-hydrogen) atoms. The Morgan fingerprint density at radius 3 is 2.46 bits per heavy atom. The zero-order chi connectivity index (χ0) is 20.7. The van der Waals surface area contributed by atoms with E-state index in [0.29, 0.717) is 11.3 Å². The van der Waals surface area contributed by atoms with E-state index in [1.807, 2.05) is 0 Å². The molecule has 0 aliphatic carbocycles. The van der Waals surface area contributed by atoms with E-state index in [4.69, 9.17) is 9.47 Å². The maximum Gasteiger partial charge on any atom is 0.255 e. The van der Waals surface area contributed by atoms with E-state index in [-0.39, 0.29) is 16.4 Å². The predicted octanol–water partition coefficient (Wildman–Crippen LogP) is 1.18. The molecule has 9 nitrogen and oxygen atoms in total. The Morgan fingerprint density at radius 2 is 1.86 bits per heavy atom. The van der Waals surface area contributed by atoms with Crippen molar-refractivity contribution in [1.29, 1.82) is 0 Å². The van der Waals surface area contributed by atoms with Gasteiger partial charge in [0.1, 0.15) is 22.1 Å². The lowest BCUT2D eigenvalue weighted by molar-refractivity contribution is -0.121. The van der Waals surface area contributed by atoms with Gasteiger partial charge in [-0.15, -0.1) is 0 Å². The van der Waals surface area contributed by atoms with Crippen LogP contribution in [0, 0.1) is 0 Å². The quantitative estimate of drug-likeness (QED) is 0.501. The molecule has 0 bridgehead atoms. The second-order valence-electron chi connectivity index (χ2n) is 5.66. The highest BCUT2D eigenvalue weighted by atomic mass is 32.2. The third-order valence-electron chi connectivity index (χ3n) is 3.72. The molecule has 2 N–H and O–H groups in total. The van der Waals surface area contributed by atoms with Crippen molar-refractivity contribution in [2.45, 2.75) is 4.90 Å². The molecule has 0 aliphatic rings. The first-order chi connectivity index (χ1) is 13.3. The van der Waals surface area contributed by atoms with E-state index in [9.17, 15) is 18.3 Å². The maximum absolute atomic E-state index is 12.8. The fraction of sp³-hybridized carbons (Fsp3) is 0.222. The Labute approximate surface area is 163 Å². The minimum absolute atomic E-state index is 0.112. The van der Waals surface area contributed by atoms with Crippen molar-refractivity contribution < 1.29 is 27.8 Å². The number of amides is 1. The van der Waals surface area contributed by atoms with Crippen LogP contribution < -0.4 is 14.9 Å². The fourth-order valence-electron chi connectivity index (χ4n) is 2.22. The van der Waals surface area contributed by atoms with Gasteiger partial charge in [-0.2, -0.15) is 9.41 Å². The third-order valence-corrected chi connectivity index (χ3v) is 5.55. The third kappa shape index (κ3) is 5.21. The topological polar surface area (TPSA) is 118 Å². The maximum atomic E-state index is 12.8. The second kappa shape index (κ2) is 9.20. The lowest BCUT2D eigenvalue weighted by Gasteiger charge is -2.18. The average Bonchev–Trinajstić information content (AvgIpc) is 2.68. The summed E-state index contributed by atoms with van der Waals surface area (Å²) in [4.78, 5) is 11.9. The van der Waals surface area contributed by atoms with Gasteiger partial charge in [0.25, 0.3) is 5.91 Å². The van der Waals surface area contributed by atoms with Crippen molar-refractivity contribution in [2.75, 3.05) is 27.8 Å². The molecule has 2 rings (SSSR count). The fourth-order valence-corrected chi connectivity index (χ4v) is 3.51. The first kappa shape index (κ1) is 21.2. The van der Waals surface area contributed by atoms with Crippen LogP contribution in [-0.2, 0) is 14.8 Å². The molecule has 0 radical (unpaired) electrons. The summed E-state index contributed by atoms with van der Waals surface area (Å²) in [5, 5.41) is 13.0. The van der Waals surface area contributed by atoms with Crippen LogP contribution in [0.3, 0.4) is 0 Å². The Bertz CT molecular complexity index is 958. The van der Waals surface area contributed by atoms with E-state index >= 15 is 0 Å². The summed E-state index contributed by atoms with van der Waals surface area (Å²) in [5.74, 6) is -0.0295. The highest BCUT2D eigenvalue weighted by molar-refractivity contribution is 7.89. The molecule has 0 heterocycles. The number of hydrogen-bond donors (Lipinski definition) is 2. The highest BCUT2D eigenvalue weighted by Crippen LogP contribution is 2.30. The number of hydrazone groups is 1. The lowest BCUT2D eigenvalue weighted by atomic mass is 10.2. The van der Waals surface area contributed by atoms with Crippen LogP contribution in [-0.4, -0.2) is 57.8 Å². The summed E-state index contributed by atoms with van der Waals surface area (Å²) in [6.07, 6.45) is 1.37. The molecule has 10 heteroatoms. The van der Waals surface area contributed by atoms with E-state index in [2.05, 4.69) is 10.5 Å². The zero-order valence-electron chi connectivity index (χ0n) is 15.6. The summed E-state index contributed by atoms with van der Waals surface area (Å²) in [6, 6.07) is 10.5. The minimum Gasteiger partial charge on any atom is -0.508 e. The molecule has 0 aliphatic heterocycles. The number of phenolic OH excluding ortho intramolecular Hbond substituents is 1. The van der Waals surface area contributed by atoms with Gasteiger partial charge in [0.05, 0.1) is 27.0 Å². The molecule has 0 fully saturated rings. The molecule has 0 spiro atoms. The molecule has 2 aromatic carbocycles. The van der Waals surface area contributed by atoms with Gasteiger partial charge in [0, 0.05) is 13.1 Å². The molecular formula is C18H21N3O6S. The number of benzene rings is 2. The molecule has 150 valence electrons. The number of carbonyl (C=O) groups is 1. The highest BCUT2D eigenvalue weighted by Gasteiger charge is 2.27. The van der Waals surface area contributed by atoms with E-state index in [1.165, 1.54) is 51.7 Å². The largest absolute Gasteiger partial charge is 0.508 e. The number of nitrogens with one attached hydrogen (secondary N) is 1. The average molecular weight is 407 g/mol. The van der Waals surface area contributed by atoms with Crippen LogP contribution in [0.15, 0.2) is 52.5 Å². The zero-order valence-corrected chi connectivity index (χ0v) is 16.4. The molecule has 2 aromatic rings. The van der Waals surface area contributed by atoms with Crippen LogP contribution >= 0.6 is 0 Å². The summed E-state index contributed by atoms with van der Waals surface area (Å²) >= 11 is 0. The van der Waals surface area contributed by atoms with Crippen molar-refractivity contribution in [1.82, 2.24) is 9.73 Å². The summed E-state index contributed by atoms with van der Waals surface area (Å²) in [7, 11) is 0.0427. The van der Waals surface area contributed by atoms with Gasteiger partial charge in [-0.05, 0) is 42.0 Å². The van der Waals surface area contributed by atoms with Gasteiger partial charge >= 0.3 is 0 Å². The van der Waals surface area contributed by atoms with Gasteiger partial charge in [-0.25, -0.2) is 13.8 Å². The molecule has 0 atom stereocenters. The number of aromatic hydroxyl groups is 1. The molecule has 0 aromatic heterocycles. The minimum atomic E-state index is -4.00. The lowest BCUT2D eigenvalue weighted by Crippen LogP contribution is -2.36. The number of carbonyl (C=O) groups excluding carboxylic acids is 1. The normalized spacial score (nSPS) is 11.6. The van der Waals surface area contributed by atoms with Crippen molar-refractivity contribution in [3.63, 3.8) is 0 Å². The van der Waals surface area contributed by atoms with Gasteiger partial charge in [0.15, 0.2) is 0 Å². The molecule has 0 saturated heterocycles. The van der Waals surface area contributed by atoms with Crippen molar-refractivity contribution in [3.8, 4) is 17.2 Å². The number of likely N-dealkylation sites (N-methyl/N-ethyl adjacent to an activating group) is 1. The Balaban J connectivity index is 2.07. The Kier molecular flexibility index (Phi) is 6.96. The van der Waals surface area contributed by atoms with Crippen LogP contribution in [0.4, 0.5) is 0 Å². The van der Waals surface area contributed by atoms with Crippen LogP contribution in [0.2, 0.25) is 0 Å². The number of methoxy groups -OCH3 is 2. The predicted molar refractivity (Wildman–Crippen MR) is 103 cm³/mol. The van der Waals surface area contributed by atoms with E-state index < -0.39 is 22.5 Å². The first-order valence-corrected chi connectivity index (χ1v) is 9.51. The number of nitrogens with zero attached hydrogens (tertiary/aromatic N) is 2. The van der Waals surface area contributed by atoms with Crippen molar-refractivity contribution in [3.05, 3.63) is 48.0 Å². The summed E-state index contributed by atoms with van der Waals surface area (Å²) in [5.41, 5.74) is 2.91. The monoisotopic (exact) mass is 407 g/mol. The number of rotatable bonds is 8. The van der Waals surface area contributed by atoms with Crippen molar-refractivity contribution >= 4 is 22.1 Å². The summed E-state index contributed by atoms with van der Waals surface area (Å²) < 4.78 is 36.6. The van der Waals surface area contributed by atoms with Gasteiger partial charge in [-0.3, -0.25) is 4.79 Å². The molecule has 0 unspecified atom stereocenters. The van der Waals surface area contributed by atoms with E-state index in [1.54, 1.807) is 18.2 Å². The SMILES string of the molecule is COc1ccc(OC)c(S(=O)(=O)N(C)CC(=O)N/N=C/c2ccc(O)cc2)c1. The van der Waals surface area contributed by atoms with Crippen LogP contribution in [0.1, 0.15) is 5.56 Å². The number of phenols is 1. The van der Waals surface area contributed by atoms with Gasteiger partial charge in [0.2, 0.25) is 10.0 Å². The van der Waals surface area contributed by atoms with Crippen LogP contribution in [0.5, 0.6) is 17.2 Å². The number of hydrogen-bond acceptors (Lipinski definition) is 7. The molecular weight excluding hydrogens is 386 g/mol. The Hall–Kier alpha value is -3.11. The Morgan fingerprint density at radius 1 is 1.18 bits per heavy atom. The standard InChI is InChI=1S/C18H21N3O6S/c1-21(12-18(23)20-19-11-13-4-6-14(22)7-5-13)28(24,25)17-10-15(26-2)8-9-16(17)27-3/h4-11,22H,12H2,1-3H3,(H,20,23)/b19-11+. The van der Waals surface area contributed by atoms with E-state index in [0.717, 1.165) is 4.31 Å². The smallest absolute Gasteiger partial charge is 0.255 e. The second-order valence-corrected chi connectivity index (χ2v) is 7.68. The number of sulfonamides is 1. The van der Waals surface area contributed by atoms with Crippen molar-refractivity contribution in [2.24, 2.45) is 5.10 Å². The first-order valence-electron chi connectivity index (χ1n) is 8.07. The van der Waals surface area contributed by atoms with Gasteiger partial charge < -0.3 is 14.6 Å². The van der Waals surface area contributed by atoms with Crippen LogP contribution in [0.25, 0.3) is 0 Å². The molecule has 0 saturated carbocycles.